The van der Waals surface area contributed by atoms with E-state index in [-0.39, 0.29) is 17.6 Å². The second kappa shape index (κ2) is 9.38. The summed E-state index contributed by atoms with van der Waals surface area (Å²) in [4.78, 5) is 48.5. The van der Waals surface area contributed by atoms with Gasteiger partial charge in [0.05, 0.1) is 5.56 Å². The van der Waals surface area contributed by atoms with E-state index in [1.165, 1.54) is 10.8 Å². The summed E-state index contributed by atoms with van der Waals surface area (Å²) in [6.45, 7) is 2.88. The number of rotatable bonds is 7. The Morgan fingerprint density at radius 3 is 2.43 bits per heavy atom. The third kappa shape index (κ3) is 4.90. The first kappa shape index (κ1) is 21.5. The fourth-order valence-corrected chi connectivity index (χ4v) is 3.27. The predicted molar refractivity (Wildman–Crippen MR) is 102 cm³/mol. The fraction of sp³-hybridized carbons (Fsp3) is 0.579. The molecule has 9 nitrogen and oxygen atoms in total. The van der Waals surface area contributed by atoms with Gasteiger partial charge in [-0.25, -0.2) is 0 Å². The Labute approximate surface area is 162 Å². The molecule has 0 radical (unpaired) electrons. The molecule has 2 rings (SSSR count). The van der Waals surface area contributed by atoms with E-state index in [0.717, 1.165) is 32.1 Å². The summed E-state index contributed by atoms with van der Waals surface area (Å²) in [6, 6.07) is -0.339. The van der Waals surface area contributed by atoms with Gasteiger partial charge in [-0.1, -0.05) is 26.2 Å². The minimum Gasteiger partial charge on any atom is -0.506 e. The summed E-state index contributed by atoms with van der Waals surface area (Å²) in [6.07, 6.45) is 6.62. The highest BCUT2D eigenvalue weighted by Crippen LogP contribution is 2.23. The number of aliphatic carboxylic acids is 1. The lowest BCUT2D eigenvalue weighted by Gasteiger charge is -2.24. The van der Waals surface area contributed by atoms with E-state index in [4.69, 9.17) is 5.11 Å². The first-order valence-corrected chi connectivity index (χ1v) is 9.55. The van der Waals surface area contributed by atoms with Crippen LogP contribution in [0.3, 0.4) is 0 Å². The number of aromatic nitrogens is 1. The summed E-state index contributed by atoms with van der Waals surface area (Å²) in [5.74, 6) is -3.62. The molecule has 0 spiro atoms. The van der Waals surface area contributed by atoms with Crippen molar-refractivity contribution in [3.63, 3.8) is 0 Å². The van der Waals surface area contributed by atoms with Gasteiger partial charge in [0.25, 0.3) is 17.4 Å². The number of hydrogen-bond donors (Lipinski definition) is 4. The number of carbonyl (C=O) groups is 3. The van der Waals surface area contributed by atoms with Crippen LogP contribution < -0.4 is 16.2 Å². The zero-order valence-corrected chi connectivity index (χ0v) is 16.2. The molecular formula is C19H27N3O6. The van der Waals surface area contributed by atoms with E-state index < -0.39 is 41.2 Å². The minimum absolute atomic E-state index is 0.0195. The van der Waals surface area contributed by atoms with Gasteiger partial charge in [-0.05, 0) is 26.2 Å². The summed E-state index contributed by atoms with van der Waals surface area (Å²) >= 11 is 0. The summed E-state index contributed by atoms with van der Waals surface area (Å²) in [7, 11) is 0. The summed E-state index contributed by atoms with van der Waals surface area (Å²) < 4.78 is 1.23. The molecule has 0 saturated heterocycles. The number of hydrogen-bond acceptors (Lipinski definition) is 5. The van der Waals surface area contributed by atoms with Crippen molar-refractivity contribution in [2.24, 2.45) is 0 Å². The van der Waals surface area contributed by atoms with Crippen LogP contribution in [0.5, 0.6) is 5.75 Å². The molecule has 0 aromatic carbocycles. The number of nitrogens with zero attached hydrogens (tertiary/aromatic N) is 1. The van der Waals surface area contributed by atoms with Gasteiger partial charge >= 0.3 is 5.97 Å². The number of nitrogens with one attached hydrogen (secondary N) is 2. The standard InChI is InChI=1S/C19H27N3O6/c1-3-11(2)22-10-13(17(26)21-12-7-5-4-6-8-12)16(25)15(19(22)28)18(27)20-9-14(23)24/h10-12,25H,3-9H2,1-2H3,(H,20,27)(H,21,26)(H,23,24). The van der Waals surface area contributed by atoms with Crippen molar-refractivity contribution in [1.82, 2.24) is 15.2 Å². The maximum atomic E-state index is 12.7. The molecule has 154 valence electrons. The molecule has 0 bridgehead atoms. The highest BCUT2D eigenvalue weighted by Gasteiger charge is 2.27. The molecule has 1 aliphatic carbocycles. The van der Waals surface area contributed by atoms with Crippen molar-refractivity contribution >= 4 is 17.8 Å². The van der Waals surface area contributed by atoms with Crippen LogP contribution in [0.4, 0.5) is 0 Å². The van der Waals surface area contributed by atoms with Crippen LogP contribution in [0.2, 0.25) is 0 Å². The lowest BCUT2D eigenvalue weighted by Crippen LogP contribution is -2.39. The molecule has 1 aromatic heterocycles. The maximum Gasteiger partial charge on any atom is 0.322 e. The van der Waals surface area contributed by atoms with Gasteiger partial charge < -0.3 is 25.4 Å². The molecule has 9 heteroatoms. The van der Waals surface area contributed by atoms with Gasteiger partial charge in [0.1, 0.15) is 17.9 Å². The zero-order chi connectivity index (χ0) is 20.8. The second-order valence-electron chi connectivity index (χ2n) is 7.12. The lowest BCUT2D eigenvalue weighted by molar-refractivity contribution is -0.135. The zero-order valence-electron chi connectivity index (χ0n) is 16.2. The van der Waals surface area contributed by atoms with Crippen LogP contribution in [0.1, 0.15) is 79.1 Å². The highest BCUT2D eigenvalue weighted by molar-refractivity contribution is 6.04. The van der Waals surface area contributed by atoms with Gasteiger partial charge in [-0.15, -0.1) is 0 Å². The van der Waals surface area contributed by atoms with E-state index in [0.29, 0.717) is 6.42 Å². The molecule has 1 saturated carbocycles. The average molecular weight is 393 g/mol. The van der Waals surface area contributed by atoms with Gasteiger partial charge in [0, 0.05) is 18.3 Å². The average Bonchev–Trinajstić information content (AvgIpc) is 2.66. The van der Waals surface area contributed by atoms with E-state index in [2.05, 4.69) is 10.6 Å². The van der Waals surface area contributed by atoms with Crippen LogP contribution in [-0.2, 0) is 4.79 Å². The van der Waals surface area contributed by atoms with Crippen molar-refractivity contribution in [2.45, 2.75) is 64.5 Å². The molecule has 1 unspecified atom stereocenters. The Morgan fingerprint density at radius 2 is 1.86 bits per heavy atom. The number of aromatic hydroxyl groups is 1. The normalized spacial score (nSPS) is 15.6. The Hall–Kier alpha value is -2.84. The smallest absolute Gasteiger partial charge is 0.322 e. The Bertz CT molecular complexity index is 811. The van der Waals surface area contributed by atoms with Crippen molar-refractivity contribution in [3.8, 4) is 5.75 Å². The van der Waals surface area contributed by atoms with Crippen LogP contribution in [-0.4, -0.2) is 45.2 Å². The van der Waals surface area contributed by atoms with Gasteiger partial charge in [-0.2, -0.15) is 0 Å². The first-order chi connectivity index (χ1) is 13.3. The lowest BCUT2D eigenvalue weighted by atomic mass is 9.95. The number of pyridine rings is 1. The number of carbonyl (C=O) groups excluding carboxylic acids is 2. The molecule has 4 N–H and O–H groups in total. The Balaban J connectivity index is 2.44. The van der Waals surface area contributed by atoms with Crippen LogP contribution in [0, 0.1) is 0 Å². The van der Waals surface area contributed by atoms with Crippen molar-refractivity contribution in [3.05, 3.63) is 27.7 Å². The van der Waals surface area contributed by atoms with E-state index >= 15 is 0 Å². The summed E-state index contributed by atoms with van der Waals surface area (Å²) in [5.41, 5.74) is -1.58. The first-order valence-electron chi connectivity index (χ1n) is 9.55. The SMILES string of the molecule is CCC(C)n1cc(C(=O)NC2CCCCC2)c(O)c(C(=O)NCC(=O)O)c1=O. The Morgan fingerprint density at radius 1 is 1.21 bits per heavy atom. The molecule has 1 heterocycles. The Kier molecular flexibility index (Phi) is 7.19. The number of carboxylic acid groups (broad SMARTS) is 1. The number of amides is 2. The second-order valence-corrected chi connectivity index (χ2v) is 7.12. The largest absolute Gasteiger partial charge is 0.506 e. The van der Waals surface area contributed by atoms with Crippen LogP contribution in [0.25, 0.3) is 0 Å². The predicted octanol–water partition coefficient (Wildman–Crippen LogP) is 1.40. The molecule has 1 fully saturated rings. The van der Waals surface area contributed by atoms with Crippen molar-refractivity contribution in [2.75, 3.05) is 6.54 Å². The van der Waals surface area contributed by atoms with E-state index in [1.54, 1.807) is 6.92 Å². The highest BCUT2D eigenvalue weighted by atomic mass is 16.4. The van der Waals surface area contributed by atoms with Gasteiger partial charge in [-0.3, -0.25) is 19.2 Å². The van der Waals surface area contributed by atoms with Crippen molar-refractivity contribution < 1.29 is 24.6 Å². The summed E-state index contributed by atoms with van der Waals surface area (Å²) in [5, 5.41) is 24.2. The third-order valence-corrected chi connectivity index (χ3v) is 5.09. The fourth-order valence-electron chi connectivity index (χ4n) is 3.27. The number of carboxylic acids is 1. The van der Waals surface area contributed by atoms with E-state index in [1.807, 2.05) is 6.92 Å². The quantitative estimate of drug-likeness (QED) is 0.552. The van der Waals surface area contributed by atoms with Gasteiger partial charge in [0.15, 0.2) is 0 Å². The third-order valence-electron chi connectivity index (χ3n) is 5.09. The van der Waals surface area contributed by atoms with Crippen LogP contribution >= 0.6 is 0 Å². The molecule has 2 amide bonds. The molecule has 1 aromatic rings. The van der Waals surface area contributed by atoms with Gasteiger partial charge in [0.2, 0.25) is 0 Å². The van der Waals surface area contributed by atoms with Crippen LogP contribution in [0.15, 0.2) is 11.0 Å². The maximum absolute atomic E-state index is 12.7. The minimum atomic E-state index is -1.29. The topological polar surface area (TPSA) is 138 Å². The van der Waals surface area contributed by atoms with E-state index in [9.17, 15) is 24.3 Å². The molecule has 1 aliphatic rings. The van der Waals surface area contributed by atoms with Crippen molar-refractivity contribution in [1.29, 1.82) is 0 Å². The molecule has 1 atom stereocenters. The molecule has 28 heavy (non-hydrogen) atoms. The molecular weight excluding hydrogens is 366 g/mol. The molecule has 0 aliphatic heterocycles. The monoisotopic (exact) mass is 393 g/mol.